The van der Waals surface area contributed by atoms with Crippen LogP contribution in [0.3, 0.4) is 0 Å². The summed E-state index contributed by atoms with van der Waals surface area (Å²) >= 11 is 6.33. The third-order valence-electron chi connectivity index (χ3n) is 7.17. The van der Waals surface area contributed by atoms with E-state index in [1.54, 1.807) is 30.8 Å². The Kier molecular flexibility index (Phi) is 8.09. The van der Waals surface area contributed by atoms with Crippen molar-refractivity contribution in [1.29, 1.82) is 0 Å². The van der Waals surface area contributed by atoms with Gasteiger partial charge in [0.1, 0.15) is 5.02 Å². The first kappa shape index (κ1) is 29.4. The Morgan fingerprint density at radius 2 is 1.80 bits per heavy atom. The van der Waals surface area contributed by atoms with Gasteiger partial charge in [0.25, 0.3) is 0 Å². The number of piperidine rings is 1. The van der Waals surface area contributed by atoms with Crippen LogP contribution in [0.25, 0.3) is 0 Å². The highest BCUT2D eigenvalue weighted by atomic mass is 35.5. The van der Waals surface area contributed by atoms with E-state index in [1.807, 2.05) is 7.05 Å². The van der Waals surface area contributed by atoms with Gasteiger partial charge in [-0.25, -0.2) is 13.4 Å². The number of hydrogen-bond donors (Lipinski definition) is 2. The summed E-state index contributed by atoms with van der Waals surface area (Å²) in [5, 5.41) is 9.27. The van der Waals surface area contributed by atoms with Gasteiger partial charge in [0.05, 0.1) is 35.1 Å². The van der Waals surface area contributed by atoms with Crippen molar-refractivity contribution in [3.05, 3.63) is 41.2 Å². The summed E-state index contributed by atoms with van der Waals surface area (Å²) in [4.78, 5) is 10.6. The fourth-order valence-corrected chi connectivity index (χ4v) is 5.83. The lowest BCUT2D eigenvalue weighted by atomic mass is 9.89. The number of rotatable bonds is 9. The molecular formula is C26H31ClF3N7O3S. The van der Waals surface area contributed by atoms with Crippen molar-refractivity contribution in [3.63, 3.8) is 0 Å². The average Bonchev–Trinajstić information content (AvgIpc) is 3.66. The lowest BCUT2D eigenvalue weighted by Gasteiger charge is -2.29. The predicted molar refractivity (Wildman–Crippen MR) is 149 cm³/mol. The largest absolute Gasteiger partial charge is 0.573 e. The van der Waals surface area contributed by atoms with E-state index in [9.17, 15) is 21.6 Å². The lowest BCUT2D eigenvalue weighted by Crippen LogP contribution is -2.29. The number of likely N-dealkylation sites (tertiary alicyclic amines) is 1. The molecular weight excluding hydrogens is 583 g/mol. The average molecular weight is 614 g/mol. The maximum atomic E-state index is 13.3. The van der Waals surface area contributed by atoms with Crippen molar-refractivity contribution in [1.82, 2.24) is 24.6 Å². The molecule has 41 heavy (non-hydrogen) atoms. The number of ether oxygens (including phenoxy) is 1. The molecule has 3 aromatic rings. The maximum Gasteiger partial charge on any atom is 0.573 e. The quantitative estimate of drug-likeness (QED) is 0.298. The monoisotopic (exact) mass is 613 g/mol. The summed E-state index contributed by atoms with van der Waals surface area (Å²) in [6, 6.07) is 4.80. The number of nitrogens with one attached hydrogen (secondary N) is 2. The molecule has 1 aliphatic heterocycles. The molecule has 3 heterocycles. The topological polar surface area (TPSA) is 114 Å². The molecule has 15 heteroatoms. The minimum atomic E-state index is -4.91. The second-order valence-electron chi connectivity index (χ2n) is 10.7. The van der Waals surface area contributed by atoms with E-state index in [1.165, 1.54) is 18.3 Å². The van der Waals surface area contributed by atoms with Crippen LogP contribution in [0.1, 0.15) is 57.1 Å². The summed E-state index contributed by atoms with van der Waals surface area (Å²) in [5.41, 5.74) is 0.964. The number of benzene rings is 1. The Bertz CT molecular complexity index is 1520. The lowest BCUT2D eigenvalue weighted by molar-refractivity contribution is -0.274. The van der Waals surface area contributed by atoms with Crippen molar-refractivity contribution in [3.8, 4) is 5.75 Å². The van der Waals surface area contributed by atoms with Gasteiger partial charge in [-0.05, 0) is 83.3 Å². The van der Waals surface area contributed by atoms with E-state index < -0.39 is 27.2 Å². The van der Waals surface area contributed by atoms with Crippen LogP contribution >= 0.6 is 11.6 Å². The predicted octanol–water partition coefficient (Wildman–Crippen LogP) is 6.04. The molecule has 0 unspecified atom stereocenters. The van der Waals surface area contributed by atoms with Crippen molar-refractivity contribution >= 4 is 44.6 Å². The molecule has 5 rings (SSSR count). The van der Waals surface area contributed by atoms with Gasteiger partial charge in [0.2, 0.25) is 20.8 Å². The van der Waals surface area contributed by atoms with Gasteiger partial charge in [-0.2, -0.15) is 10.1 Å². The van der Waals surface area contributed by atoms with Gasteiger partial charge >= 0.3 is 6.36 Å². The number of nitrogens with zero attached hydrogens (tertiary/aromatic N) is 5. The maximum absolute atomic E-state index is 13.3. The summed E-state index contributed by atoms with van der Waals surface area (Å²) in [7, 11) is -1.73. The fourth-order valence-electron chi connectivity index (χ4n) is 4.63. The van der Waals surface area contributed by atoms with Crippen molar-refractivity contribution < 1.29 is 26.3 Å². The Labute approximate surface area is 241 Å². The van der Waals surface area contributed by atoms with Crippen LogP contribution in [0.15, 0.2) is 35.6 Å². The first-order valence-corrected chi connectivity index (χ1v) is 15.2. The third kappa shape index (κ3) is 6.87. The summed E-state index contributed by atoms with van der Waals surface area (Å²) in [6.45, 7) is 4.84. The van der Waals surface area contributed by atoms with Gasteiger partial charge in [0, 0.05) is 0 Å². The van der Waals surface area contributed by atoms with Gasteiger partial charge in [-0.15, -0.1) is 13.2 Å². The minimum absolute atomic E-state index is 0.0110. The van der Waals surface area contributed by atoms with E-state index in [-0.39, 0.29) is 45.1 Å². The third-order valence-corrected chi connectivity index (χ3v) is 9.53. The van der Waals surface area contributed by atoms with Crippen LogP contribution in [-0.2, 0) is 9.84 Å². The molecule has 1 saturated carbocycles. The number of hydrogen-bond acceptors (Lipinski definition) is 9. The van der Waals surface area contributed by atoms with E-state index in [0.29, 0.717) is 0 Å². The molecule has 10 nitrogen and oxygen atoms in total. The molecule has 0 atom stereocenters. The summed E-state index contributed by atoms with van der Waals surface area (Å²) < 4.78 is 72.0. The first-order valence-electron chi connectivity index (χ1n) is 13.3. The van der Waals surface area contributed by atoms with Gasteiger partial charge in [-0.3, -0.25) is 4.68 Å². The molecule has 0 radical (unpaired) electrons. The molecule has 1 aromatic carbocycles. The van der Waals surface area contributed by atoms with Crippen molar-refractivity contribution in [2.75, 3.05) is 30.8 Å². The highest BCUT2D eigenvalue weighted by Gasteiger charge is 2.34. The Balaban J connectivity index is 1.43. The van der Waals surface area contributed by atoms with E-state index in [2.05, 4.69) is 35.3 Å². The zero-order valence-corrected chi connectivity index (χ0v) is 24.3. The molecule has 1 aliphatic carbocycles. The number of anilines is 4. The van der Waals surface area contributed by atoms with Crippen molar-refractivity contribution in [2.24, 2.45) is 0 Å². The highest BCUT2D eigenvalue weighted by Crippen LogP contribution is 2.39. The normalized spacial score (nSPS) is 17.2. The Morgan fingerprint density at radius 3 is 2.44 bits per heavy atom. The van der Waals surface area contributed by atoms with Gasteiger partial charge in [-0.1, -0.05) is 17.7 Å². The zero-order chi connectivity index (χ0) is 29.5. The molecule has 2 aromatic heterocycles. The van der Waals surface area contributed by atoms with Gasteiger partial charge < -0.3 is 20.3 Å². The van der Waals surface area contributed by atoms with Crippen LogP contribution < -0.4 is 15.4 Å². The van der Waals surface area contributed by atoms with Crippen LogP contribution in [0.2, 0.25) is 5.02 Å². The zero-order valence-electron chi connectivity index (χ0n) is 22.7. The molecule has 0 spiro atoms. The van der Waals surface area contributed by atoms with Crippen LogP contribution in [0.5, 0.6) is 5.75 Å². The first-order chi connectivity index (χ1) is 19.3. The van der Waals surface area contributed by atoms with E-state index >= 15 is 0 Å². The van der Waals surface area contributed by atoms with Gasteiger partial charge in [0.15, 0.2) is 11.6 Å². The number of sulfone groups is 1. The standard InChI is InChI=1S/C26H31ClF3N7O3S/c1-15(2)41(38,39)24-21(14-37(35-24)18-5-6-18)32-23-19(27)13-31-25(34-23)33-20-7-4-17(12-22(20)40-26(28,29)30)16-8-10-36(3)11-9-16/h4,7,12-16,18H,5-6,8-11H2,1-3H3,(H2,31,32,33,34). The van der Waals surface area contributed by atoms with Crippen molar-refractivity contribution in [2.45, 2.75) is 68.1 Å². The highest BCUT2D eigenvalue weighted by molar-refractivity contribution is 7.92. The molecule has 2 fully saturated rings. The second kappa shape index (κ2) is 11.3. The fraction of sp³-hybridized carbons (Fsp3) is 0.500. The van der Waals surface area contributed by atoms with Crippen LogP contribution in [-0.4, -0.2) is 64.8 Å². The Morgan fingerprint density at radius 1 is 1.10 bits per heavy atom. The SMILES string of the molecule is CC(C)S(=O)(=O)c1nn(C2CC2)cc1Nc1nc(Nc2ccc(C3CCN(C)CC3)cc2OC(F)(F)F)ncc1Cl. The van der Waals surface area contributed by atoms with Crippen LogP contribution in [0.4, 0.5) is 36.3 Å². The number of halogens is 4. The van der Waals surface area contributed by atoms with Crippen LogP contribution in [0, 0.1) is 0 Å². The second-order valence-corrected chi connectivity index (χ2v) is 13.5. The Hall–Kier alpha value is -3.10. The summed E-state index contributed by atoms with van der Waals surface area (Å²) in [5.74, 6) is -0.302. The van der Waals surface area contributed by atoms with E-state index in [4.69, 9.17) is 11.6 Å². The molecule has 2 aliphatic rings. The van der Waals surface area contributed by atoms with E-state index in [0.717, 1.165) is 44.3 Å². The minimum Gasteiger partial charge on any atom is -0.404 e. The molecule has 0 amide bonds. The molecule has 2 N–H and O–H groups in total. The molecule has 222 valence electrons. The smallest absolute Gasteiger partial charge is 0.404 e. The number of aromatic nitrogens is 4. The number of alkyl halides is 3. The molecule has 1 saturated heterocycles. The molecule has 0 bridgehead atoms. The summed E-state index contributed by atoms with van der Waals surface area (Å²) in [6.07, 6.45) is 1.39.